The van der Waals surface area contributed by atoms with Gasteiger partial charge in [-0.15, -0.1) is 5.10 Å². The van der Waals surface area contributed by atoms with Crippen LogP contribution in [0.5, 0.6) is 11.5 Å². The smallest absolute Gasteiger partial charge is 0.255 e. The van der Waals surface area contributed by atoms with Crippen LogP contribution in [0.4, 0.5) is 16.0 Å². The fourth-order valence-electron chi connectivity index (χ4n) is 4.22. The lowest BCUT2D eigenvalue weighted by Crippen LogP contribution is -2.31. The molecule has 1 aliphatic heterocycles. The van der Waals surface area contributed by atoms with Gasteiger partial charge in [0.1, 0.15) is 11.9 Å². The summed E-state index contributed by atoms with van der Waals surface area (Å²) >= 11 is 0. The number of anilines is 2. The first-order valence-corrected chi connectivity index (χ1v) is 11.1. The molecule has 2 aromatic heterocycles. The summed E-state index contributed by atoms with van der Waals surface area (Å²) in [6, 6.07) is 14.2. The van der Waals surface area contributed by atoms with Crippen molar-refractivity contribution in [2.75, 3.05) is 24.9 Å². The lowest BCUT2D eigenvalue weighted by molar-refractivity contribution is -0.113. The van der Waals surface area contributed by atoms with Crippen molar-refractivity contribution in [2.45, 2.75) is 13.0 Å². The molecule has 10 heteroatoms. The maximum atomic E-state index is 13.6. The first kappa shape index (κ1) is 23.0. The molecule has 1 aliphatic rings. The number of pyridine rings is 1. The van der Waals surface area contributed by atoms with Crippen LogP contribution < -0.4 is 20.1 Å². The number of carbonyl (C=O) groups excluding carboxylic acids is 1. The Bertz CT molecular complexity index is 1450. The molecule has 36 heavy (non-hydrogen) atoms. The van der Waals surface area contributed by atoms with Crippen molar-refractivity contribution in [2.24, 2.45) is 0 Å². The molecule has 1 amide bonds. The fourth-order valence-corrected chi connectivity index (χ4v) is 4.22. The zero-order valence-corrected chi connectivity index (χ0v) is 19.8. The summed E-state index contributed by atoms with van der Waals surface area (Å²) in [5, 5.41) is 10.8. The van der Waals surface area contributed by atoms with E-state index >= 15 is 0 Å². The van der Waals surface area contributed by atoms with E-state index in [4.69, 9.17) is 14.6 Å². The summed E-state index contributed by atoms with van der Waals surface area (Å²) in [4.78, 5) is 22.3. The van der Waals surface area contributed by atoms with E-state index in [9.17, 15) is 9.18 Å². The molecule has 0 saturated heterocycles. The number of halogens is 1. The largest absolute Gasteiger partial charge is 0.493 e. The molecule has 182 valence electrons. The number of hydrogen-bond acceptors (Lipinski definition) is 7. The number of amides is 1. The Morgan fingerprint density at radius 2 is 1.89 bits per heavy atom. The van der Waals surface area contributed by atoms with E-state index in [1.54, 1.807) is 68.6 Å². The monoisotopic (exact) mass is 486 g/mol. The highest BCUT2D eigenvalue weighted by molar-refractivity contribution is 6.06. The van der Waals surface area contributed by atoms with Gasteiger partial charge in [-0.3, -0.25) is 9.78 Å². The minimum Gasteiger partial charge on any atom is -0.493 e. The zero-order chi connectivity index (χ0) is 25.2. The molecule has 2 N–H and O–H groups in total. The van der Waals surface area contributed by atoms with E-state index in [0.717, 1.165) is 0 Å². The third-order valence-electron chi connectivity index (χ3n) is 5.85. The third kappa shape index (κ3) is 4.13. The van der Waals surface area contributed by atoms with E-state index in [2.05, 4.69) is 20.6 Å². The number of carbonyl (C=O) groups is 1. The number of methoxy groups -OCH3 is 2. The molecule has 5 rings (SSSR count). The van der Waals surface area contributed by atoms with Crippen molar-refractivity contribution in [3.05, 3.63) is 89.6 Å². The number of ether oxygens (including phenoxy) is 2. The summed E-state index contributed by atoms with van der Waals surface area (Å²) in [5.41, 5.74) is 2.85. The molecule has 0 saturated carbocycles. The highest BCUT2D eigenvalue weighted by Crippen LogP contribution is 2.43. The summed E-state index contributed by atoms with van der Waals surface area (Å²) in [5.74, 6) is 1.10. The maximum Gasteiger partial charge on any atom is 0.255 e. The van der Waals surface area contributed by atoms with Gasteiger partial charge < -0.3 is 20.1 Å². The van der Waals surface area contributed by atoms with Crippen LogP contribution >= 0.6 is 0 Å². The van der Waals surface area contributed by atoms with Crippen molar-refractivity contribution in [1.29, 1.82) is 0 Å². The average Bonchev–Trinajstić information content (AvgIpc) is 3.31. The Hall–Kier alpha value is -4.73. The molecule has 0 radical (unpaired) electrons. The first-order valence-electron chi connectivity index (χ1n) is 11.1. The Morgan fingerprint density at radius 1 is 1.08 bits per heavy atom. The molecule has 0 spiro atoms. The number of fused-ring (bicyclic) bond motifs is 1. The minimum absolute atomic E-state index is 0.340. The van der Waals surface area contributed by atoms with Gasteiger partial charge in [-0.05, 0) is 49.4 Å². The van der Waals surface area contributed by atoms with Crippen molar-refractivity contribution in [3.63, 3.8) is 0 Å². The van der Waals surface area contributed by atoms with Crippen LogP contribution in [0, 0.1) is 5.82 Å². The van der Waals surface area contributed by atoms with Crippen LogP contribution in [-0.4, -0.2) is 39.9 Å². The van der Waals surface area contributed by atoms with Crippen LogP contribution in [-0.2, 0) is 4.79 Å². The van der Waals surface area contributed by atoms with Gasteiger partial charge in [0, 0.05) is 23.0 Å². The second kappa shape index (κ2) is 9.49. The van der Waals surface area contributed by atoms with Gasteiger partial charge in [0.2, 0.25) is 5.95 Å². The van der Waals surface area contributed by atoms with Crippen molar-refractivity contribution < 1.29 is 18.7 Å². The lowest BCUT2D eigenvalue weighted by atomic mass is 9.94. The highest BCUT2D eigenvalue weighted by atomic mass is 19.1. The summed E-state index contributed by atoms with van der Waals surface area (Å²) in [7, 11) is 3.09. The number of hydrogen-bond donors (Lipinski definition) is 2. The fraction of sp³-hybridized carbons (Fsp3) is 0.154. The molecule has 9 nitrogen and oxygen atoms in total. The quantitative estimate of drug-likeness (QED) is 0.416. The second-order valence-electron chi connectivity index (χ2n) is 8.06. The molecule has 4 aromatic rings. The Kier molecular flexibility index (Phi) is 6.07. The van der Waals surface area contributed by atoms with Crippen LogP contribution in [0.2, 0.25) is 0 Å². The second-order valence-corrected chi connectivity index (χ2v) is 8.06. The Labute approximate surface area is 206 Å². The van der Waals surface area contributed by atoms with Gasteiger partial charge in [0.15, 0.2) is 17.3 Å². The van der Waals surface area contributed by atoms with E-state index in [1.165, 1.54) is 12.1 Å². The molecule has 0 bridgehead atoms. The van der Waals surface area contributed by atoms with Gasteiger partial charge in [-0.1, -0.05) is 12.1 Å². The van der Waals surface area contributed by atoms with E-state index in [0.29, 0.717) is 51.4 Å². The van der Waals surface area contributed by atoms with Gasteiger partial charge in [0.05, 0.1) is 31.7 Å². The zero-order valence-electron chi connectivity index (χ0n) is 19.8. The molecular formula is C26H23FN6O3. The normalized spacial score (nSPS) is 14.6. The minimum atomic E-state index is -0.704. The molecule has 3 heterocycles. The van der Waals surface area contributed by atoms with E-state index in [1.807, 2.05) is 12.1 Å². The average molecular weight is 487 g/mol. The predicted molar refractivity (Wildman–Crippen MR) is 132 cm³/mol. The molecule has 2 aromatic carbocycles. The Morgan fingerprint density at radius 3 is 2.58 bits per heavy atom. The van der Waals surface area contributed by atoms with Gasteiger partial charge in [-0.25, -0.2) is 9.07 Å². The Balaban J connectivity index is 1.67. The SMILES string of the molecule is COc1cccc(C2C(C(=O)Nc3cccnc3)=C(C)Nc3nc(-c4ccc(F)cc4)nn32)c1OC. The van der Waals surface area contributed by atoms with Crippen LogP contribution in [0.15, 0.2) is 78.3 Å². The molecule has 1 atom stereocenters. The number of para-hydroxylation sites is 1. The molecule has 0 fully saturated rings. The third-order valence-corrected chi connectivity index (χ3v) is 5.85. The van der Waals surface area contributed by atoms with Crippen LogP contribution in [0.25, 0.3) is 11.4 Å². The maximum absolute atomic E-state index is 13.6. The van der Waals surface area contributed by atoms with Gasteiger partial charge in [0.25, 0.3) is 5.91 Å². The number of allylic oxidation sites excluding steroid dienone is 1. The number of aromatic nitrogens is 4. The summed E-state index contributed by atoms with van der Waals surface area (Å²) in [6.45, 7) is 1.80. The lowest BCUT2D eigenvalue weighted by Gasteiger charge is -2.29. The van der Waals surface area contributed by atoms with Gasteiger partial charge in [-0.2, -0.15) is 4.98 Å². The van der Waals surface area contributed by atoms with Crippen molar-refractivity contribution in [1.82, 2.24) is 19.7 Å². The number of benzene rings is 2. The standard InChI is InChI=1S/C26H23FN6O3/c1-15-21(25(34)30-18-6-5-13-28-14-18)22(19-7-4-8-20(35-2)23(19)36-3)33-26(29-15)31-24(32-33)16-9-11-17(27)12-10-16/h4-14,22H,1-3H3,(H,30,34)(H,29,31,32). The summed E-state index contributed by atoms with van der Waals surface area (Å²) < 4.78 is 26.3. The number of rotatable bonds is 6. The number of nitrogens with one attached hydrogen (secondary N) is 2. The molecule has 1 unspecified atom stereocenters. The van der Waals surface area contributed by atoms with Crippen LogP contribution in [0.1, 0.15) is 18.5 Å². The van der Waals surface area contributed by atoms with Gasteiger partial charge >= 0.3 is 0 Å². The van der Waals surface area contributed by atoms with Crippen molar-refractivity contribution >= 4 is 17.5 Å². The summed E-state index contributed by atoms with van der Waals surface area (Å²) in [6.07, 6.45) is 3.20. The number of nitrogens with zero attached hydrogens (tertiary/aromatic N) is 4. The van der Waals surface area contributed by atoms with Crippen molar-refractivity contribution in [3.8, 4) is 22.9 Å². The first-order chi connectivity index (χ1) is 17.5. The highest BCUT2D eigenvalue weighted by Gasteiger charge is 2.36. The van der Waals surface area contributed by atoms with Crippen LogP contribution in [0.3, 0.4) is 0 Å². The predicted octanol–water partition coefficient (Wildman–Crippen LogP) is 4.42. The molecule has 0 aliphatic carbocycles. The molecular weight excluding hydrogens is 463 g/mol. The topological polar surface area (TPSA) is 103 Å². The van der Waals surface area contributed by atoms with E-state index < -0.39 is 6.04 Å². The van der Waals surface area contributed by atoms with E-state index in [-0.39, 0.29) is 11.7 Å².